The standard InChI is InChI=1S/C15H13Cl2N2O3P/c1-2-21-15(20)13-4-3-11(7-18-13)19-8-9-5-10(16)6-12(17)14(9)22-23-19/h3-7,23H,2,8H2,1H3. The van der Waals surface area contributed by atoms with Gasteiger partial charge in [0.15, 0.2) is 8.96 Å². The monoisotopic (exact) mass is 370 g/mol. The molecule has 0 bridgehead atoms. The van der Waals surface area contributed by atoms with Crippen molar-refractivity contribution in [1.82, 2.24) is 4.98 Å². The lowest BCUT2D eigenvalue weighted by Gasteiger charge is -2.30. The van der Waals surface area contributed by atoms with Crippen LogP contribution in [0.2, 0.25) is 10.0 Å². The van der Waals surface area contributed by atoms with Gasteiger partial charge in [-0.1, -0.05) is 23.2 Å². The highest BCUT2D eigenvalue weighted by Crippen LogP contribution is 2.44. The number of nitrogens with zero attached hydrogens (tertiary/aromatic N) is 2. The second-order valence-corrected chi connectivity index (χ2v) is 6.55. The van der Waals surface area contributed by atoms with Gasteiger partial charge in [0.1, 0.15) is 11.4 Å². The molecule has 1 aromatic heterocycles. The molecule has 1 aliphatic rings. The Labute approximate surface area is 145 Å². The topological polar surface area (TPSA) is 51.7 Å². The molecule has 1 aromatic carbocycles. The number of anilines is 1. The molecule has 2 heterocycles. The van der Waals surface area contributed by atoms with Crippen molar-refractivity contribution in [2.24, 2.45) is 0 Å². The molecule has 0 saturated carbocycles. The van der Waals surface area contributed by atoms with Crippen LogP contribution in [0.5, 0.6) is 5.75 Å². The molecule has 1 unspecified atom stereocenters. The maximum absolute atomic E-state index is 11.6. The van der Waals surface area contributed by atoms with Crippen molar-refractivity contribution in [2.45, 2.75) is 13.5 Å². The average Bonchev–Trinajstić information content (AvgIpc) is 2.54. The van der Waals surface area contributed by atoms with Crippen LogP contribution in [0.1, 0.15) is 23.0 Å². The van der Waals surface area contributed by atoms with Gasteiger partial charge in [0.2, 0.25) is 0 Å². The van der Waals surface area contributed by atoms with Crippen molar-refractivity contribution in [2.75, 3.05) is 11.3 Å². The van der Waals surface area contributed by atoms with E-state index in [4.69, 9.17) is 32.5 Å². The van der Waals surface area contributed by atoms with Crippen LogP contribution >= 0.6 is 32.2 Å². The van der Waals surface area contributed by atoms with Crippen LogP contribution < -0.4 is 9.19 Å². The quantitative estimate of drug-likeness (QED) is 0.589. The first-order chi connectivity index (χ1) is 11.1. The summed E-state index contributed by atoms with van der Waals surface area (Å²) in [5.41, 5.74) is 2.04. The van der Waals surface area contributed by atoms with E-state index in [0.717, 1.165) is 11.3 Å². The number of hydrogen-bond donors (Lipinski definition) is 0. The third kappa shape index (κ3) is 3.52. The van der Waals surface area contributed by atoms with Crippen molar-refractivity contribution in [3.05, 3.63) is 51.8 Å². The zero-order valence-electron chi connectivity index (χ0n) is 12.2. The average molecular weight is 371 g/mol. The lowest BCUT2D eigenvalue weighted by Crippen LogP contribution is -2.19. The van der Waals surface area contributed by atoms with Gasteiger partial charge in [-0.3, -0.25) is 0 Å². The van der Waals surface area contributed by atoms with Gasteiger partial charge >= 0.3 is 5.97 Å². The summed E-state index contributed by atoms with van der Waals surface area (Å²) in [6.45, 7) is 2.68. The number of fused-ring (bicyclic) bond motifs is 1. The van der Waals surface area contributed by atoms with Crippen LogP contribution in [0.25, 0.3) is 0 Å². The summed E-state index contributed by atoms with van der Waals surface area (Å²) in [7, 11) is 0.0717. The largest absolute Gasteiger partial charge is 0.461 e. The molecule has 23 heavy (non-hydrogen) atoms. The Balaban J connectivity index is 1.79. The van der Waals surface area contributed by atoms with Gasteiger partial charge in [0.05, 0.1) is 30.1 Å². The van der Waals surface area contributed by atoms with E-state index in [1.54, 1.807) is 25.3 Å². The number of esters is 1. The summed E-state index contributed by atoms with van der Waals surface area (Å²) in [5, 5.41) is 1.08. The molecule has 0 radical (unpaired) electrons. The molecule has 1 atom stereocenters. The van der Waals surface area contributed by atoms with Gasteiger partial charge in [0.25, 0.3) is 0 Å². The van der Waals surface area contributed by atoms with Gasteiger partial charge in [-0.15, -0.1) is 0 Å². The van der Waals surface area contributed by atoms with E-state index in [9.17, 15) is 4.79 Å². The Morgan fingerprint density at radius 3 is 2.96 bits per heavy atom. The van der Waals surface area contributed by atoms with Crippen LogP contribution in [0.3, 0.4) is 0 Å². The van der Waals surface area contributed by atoms with Crippen molar-refractivity contribution in [1.29, 1.82) is 0 Å². The molecule has 0 amide bonds. The first kappa shape index (κ1) is 16.3. The Kier molecular flexibility index (Phi) is 4.90. The molecule has 0 N–H and O–H groups in total. The van der Waals surface area contributed by atoms with E-state index in [1.165, 1.54) is 0 Å². The highest BCUT2D eigenvalue weighted by atomic mass is 35.5. The number of benzene rings is 1. The summed E-state index contributed by atoms with van der Waals surface area (Å²) in [4.78, 5) is 15.8. The summed E-state index contributed by atoms with van der Waals surface area (Å²) in [5.74, 6) is 0.238. The number of rotatable bonds is 3. The molecule has 5 nitrogen and oxygen atoms in total. The van der Waals surface area contributed by atoms with E-state index >= 15 is 0 Å². The van der Waals surface area contributed by atoms with Crippen LogP contribution in [0.4, 0.5) is 5.69 Å². The van der Waals surface area contributed by atoms with Gasteiger partial charge in [-0.2, -0.15) is 0 Å². The van der Waals surface area contributed by atoms with Crippen LogP contribution in [0, 0.1) is 0 Å². The molecule has 0 spiro atoms. The fourth-order valence-electron chi connectivity index (χ4n) is 2.16. The molecule has 3 rings (SSSR count). The number of aromatic nitrogens is 1. The first-order valence-corrected chi connectivity index (χ1v) is 8.50. The Hall–Kier alpha value is -1.55. The summed E-state index contributed by atoms with van der Waals surface area (Å²) < 4.78 is 12.7. The van der Waals surface area contributed by atoms with E-state index in [1.807, 2.05) is 16.8 Å². The van der Waals surface area contributed by atoms with Gasteiger partial charge in [0, 0.05) is 10.6 Å². The zero-order chi connectivity index (χ0) is 16.4. The first-order valence-electron chi connectivity index (χ1n) is 6.89. The molecular formula is C15H13Cl2N2O3P. The second kappa shape index (κ2) is 6.91. The fraction of sp³-hybridized carbons (Fsp3) is 0.200. The molecule has 8 heteroatoms. The van der Waals surface area contributed by atoms with E-state index in [2.05, 4.69) is 4.98 Å². The normalized spacial score (nSPS) is 14.3. The molecule has 120 valence electrons. The molecule has 1 aliphatic heterocycles. The van der Waals surface area contributed by atoms with Crippen LogP contribution in [-0.2, 0) is 11.3 Å². The van der Waals surface area contributed by atoms with E-state index in [-0.39, 0.29) is 14.7 Å². The van der Waals surface area contributed by atoms with Crippen LogP contribution in [-0.4, -0.2) is 17.6 Å². The molecule has 0 fully saturated rings. The summed E-state index contributed by atoms with van der Waals surface area (Å²) >= 11 is 12.2. The van der Waals surface area contributed by atoms with Crippen molar-refractivity contribution in [3.8, 4) is 5.75 Å². The number of carbonyl (C=O) groups is 1. The lowest BCUT2D eigenvalue weighted by molar-refractivity contribution is 0.0519. The maximum Gasteiger partial charge on any atom is 0.356 e. The molecule has 0 aliphatic carbocycles. The van der Waals surface area contributed by atoms with Crippen molar-refractivity contribution >= 4 is 43.8 Å². The predicted molar refractivity (Wildman–Crippen MR) is 91.8 cm³/mol. The highest BCUT2D eigenvalue weighted by Gasteiger charge is 2.22. The Morgan fingerprint density at radius 2 is 2.26 bits per heavy atom. The molecule has 0 saturated heterocycles. The molecular weight excluding hydrogens is 358 g/mol. The van der Waals surface area contributed by atoms with Crippen LogP contribution in [0.15, 0.2) is 30.5 Å². The minimum atomic E-state index is -0.430. The lowest BCUT2D eigenvalue weighted by atomic mass is 10.2. The smallest absolute Gasteiger partial charge is 0.356 e. The second-order valence-electron chi connectivity index (χ2n) is 4.78. The third-order valence-electron chi connectivity index (χ3n) is 3.22. The number of hydrogen-bond acceptors (Lipinski definition) is 5. The van der Waals surface area contributed by atoms with Crippen molar-refractivity contribution < 1.29 is 14.1 Å². The molecule has 2 aromatic rings. The minimum absolute atomic E-state index is 0.0717. The zero-order valence-corrected chi connectivity index (χ0v) is 14.7. The van der Waals surface area contributed by atoms with Crippen molar-refractivity contribution in [3.63, 3.8) is 0 Å². The maximum atomic E-state index is 11.6. The van der Waals surface area contributed by atoms with E-state index in [0.29, 0.717) is 28.9 Å². The number of ether oxygens (including phenoxy) is 1. The SMILES string of the molecule is CCOC(=O)c1ccc(N2Cc3cc(Cl)cc(Cl)c3OP2)cn1. The fourth-order valence-corrected chi connectivity index (χ4v) is 3.72. The third-order valence-corrected chi connectivity index (χ3v) is 4.65. The number of pyridine rings is 1. The van der Waals surface area contributed by atoms with Gasteiger partial charge in [-0.25, -0.2) is 9.78 Å². The summed E-state index contributed by atoms with van der Waals surface area (Å²) in [6.07, 6.45) is 1.62. The van der Waals surface area contributed by atoms with Gasteiger partial charge in [-0.05, 0) is 31.2 Å². The van der Waals surface area contributed by atoms with Gasteiger partial charge < -0.3 is 13.9 Å². The summed E-state index contributed by atoms with van der Waals surface area (Å²) in [6, 6.07) is 6.95. The number of halogens is 2. The minimum Gasteiger partial charge on any atom is -0.461 e. The van der Waals surface area contributed by atoms with E-state index < -0.39 is 5.97 Å². The predicted octanol–water partition coefficient (Wildman–Crippen LogP) is 4.47. The Bertz CT molecular complexity index is 740. The number of carbonyl (C=O) groups excluding carboxylic acids is 1. The highest BCUT2D eigenvalue weighted by molar-refractivity contribution is 7.35. The Morgan fingerprint density at radius 1 is 1.43 bits per heavy atom.